The second-order valence-electron chi connectivity index (χ2n) is 6.61. The minimum absolute atomic E-state index is 0.0395. The van der Waals surface area contributed by atoms with E-state index in [4.69, 9.17) is 4.74 Å². The average molecular weight is 393 g/mol. The highest BCUT2D eigenvalue weighted by Crippen LogP contribution is 2.26. The predicted octanol–water partition coefficient (Wildman–Crippen LogP) is 3.20. The summed E-state index contributed by atoms with van der Waals surface area (Å²) in [4.78, 5) is 25.4. The van der Waals surface area contributed by atoms with Crippen LogP contribution in [0, 0.1) is 0 Å². The number of ether oxygens (including phenoxy) is 1. The van der Waals surface area contributed by atoms with Gasteiger partial charge in [0.2, 0.25) is 0 Å². The zero-order chi connectivity index (χ0) is 20.8. The summed E-state index contributed by atoms with van der Waals surface area (Å²) in [6, 6.07) is 16.1. The Hall–Kier alpha value is -3.81. The van der Waals surface area contributed by atoms with E-state index < -0.39 is 6.03 Å². The lowest BCUT2D eigenvalue weighted by Crippen LogP contribution is -2.27. The molecular weight excluding hydrogens is 370 g/mol. The van der Waals surface area contributed by atoms with Crippen LogP contribution in [0.5, 0.6) is 5.75 Å². The summed E-state index contributed by atoms with van der Waals surface area (Å²) < 4.78 is 7.07. The summed E-state index contributed by atoms with van der Waals surface area (Å²) in [5, 5.41) is 9.87. The monoisotopic (exact) mass is 393 g/mol. The van der Waals surface area contributed by atoms with Crippen LogP contribution in [0.4, 0.5) is 16.3 Å². The van der Waals surface area contributed by atoms with E-state index in [2.05, 4.69) is 15.7 Å². The van der Waals surface area contributed by atoms with Crippen molar-refractivity contribution in [2.75, 3.05) is 31.3 Å². The molecule has 0 atom stereocenters. The summed E-state index contributed by atoms with van der Waals surface area (Å²) in [5.74, 6) is 0.886. The normalized spacial score (nSPS) is 10.3. The van der Waals surface area contributed by atoms with E-state index in [0.717, 1.165) is 11.1 Å². The summed E-state index contributed by atoms with van der Waals surface area (Å²) in [6.45, 7) is -0.0395. The molecule has 1 aromatic heterocycles. The lowest BCUT2D eigenvalue weighted by Gasteiger charge is -2.12. The van der Waals surface area contributed by atoms with E-state index in [9.17, 15) is 9.59 Å². The number of benzene rings is 2. The van der Waals surface area contributed by atoms with Crippen LogP contribution < -0.4 is 15.4 Å². The van der Waals surface area contributed by atoms with E-state index in [-0.39, 0.29) is 12.5 Å². The molecule has 0 aliphatic heterocycles. The van der Waals surface area contributed by atoms with Crippen molar-refractivity contribution in [2.24, 2.45) is 7.05 Å². The van der Waals surface area contributed by atoms with Gasteiger partial charge in [0, 0.05) is 38.6 Å². The van der Waals surface area contributed by atoms with Gasteiger partial charge in [-0.05, 0) is 29.8 Å². The lowest BCUT2D eigenvalue weighted by atomic mass is 10.1. The first-order valence-electron chi connectivity index (χ1n) is 9.02. The third-order valence-electron chi connectivity index (χ3n) is 4.12. The molecule has 0 radical (unpaired) electrons. The lowest BCUT2D eigenvalue weighted by molar-refractivity contribution is -0.130. The Bertz CT molecular complexity index is 981. The van der Waals surface area contributed by atoms with Gasteiger partial charge in [-0.3, -0.25) is 14.8 Å². The summed E-state index contributed by atoms with van der Waals surface area (Å²) in [6.07, 6.45) is 1.85. The fraction of sp³-hybridized carbons (Fsp3) is 0.190. The average Bonchev–Trinajstić information content (AvgIpc) is 3.07. The predicted molar refractivity (Wildman–Crippen MR) is 112 cm³/mol. The van der Waals surface area contributed by atoms with Crippen LogP contribution in [-0.4, -0.2) is 47.3 Å². The number of nitrogens with zero attached hydrogens (tertiary/aromatic N) is 3. The Kier molecular flexibility index (Phi) is 6.13. The highest BCUT2D eigenvalue weighted by atomic mass is 16.5. The Morgan fingerprint density at radius 3 is 2.38 bits per heavy atom. The van der Waals surface area contributed by atoms with E-state index in [1.807, 2.05) is 36.5 Å². The number of carbonyl (C=O) groups excluding carboxylic acids is 2. The van der Waals surface area contributed by atoms with Crippen molar-refractivity contribution >= 4 is 23.4 Å². The van der Waals surface area contributed by atoms with Crippen molar-refractivity contribution < 1.29 is 14.3 Å². The molecule has 0 spiro atoms. The van der Waals surface area contributed by atoms with Gasteiger partial charge in [0.15, 0.2) is 12.4 Å². The SMILES string of the molecule is CN(C)C(=O)COc1ccc(NC(=O)Nc2nn(C)cc2-c2ccccc2)cc1. The fourth-order valence-electron chi connectivity index (χ4n) is 2.59. The molecule has 2 N–H and O–H groups in total. The topological polar surface area (TPSA) is 88.5 Å². The van der Waals surface area contributed by atoms with E-state index in [1.165, 1.54) is 4.90 Å². The molecule has 2 aromatic carbocycles. The zero-order valence-electron chi connectivity index (χ0n) is 16.5. The van der Waals surface area contributed by atoms with Crippen LogP contribution in [-0.2, 0) is 11.8 Å². The Balaban J connectivity index is 1.61. The highest BCUT2D eigenvalue weighted by molar-refractivity contribution is 6.01. The van der Waals surface area contributed by atoms with Gasteiger partial charge >= 0.3 is 6.03 Å². The number of rotatable bonds is 6. The number of nitrogens with one attached hydrogen (secondary N) is 2. The molecular formula is C21H23N5O3. The minimum atomic E-state index is -0.405. The molecule has 3 aromatic rings. The van der Waals surface area contributed by atoms with Crippen molar-refractivity contribution in [3.63, 3.8) is 0 Å². The van der Waals surface area contributed by atoms with Crippen LogP contribution in [0.2, 0.25) is 0 Å². The second-order valence-corrected chi connectivity index (χ2v) is 6.61. The maximum Gasteiger partial charge on any atom is 0.324 e. The molecule has 0 saturated heterocycles. The highest BCUT2D eigenvalue weighted by Gasteiger charge is 2.13. The number of amides is 3. The van der Waals surface area contributed by atoms with Gasteiger partial charge in [0.25, 0.3) is 5.91 Å². The van der Waals surface area contributed by atoms with Gasteiger partial charge in [-0.1, -0.05) is 30.3 Å². The number of hydrogen-bond donors (Lipinski definition) is 2. The third-order valence-corrected chi connectivity index (χ3v) is 4.12. The number of aromatic nitrogens is 2. The van der Waals surface area contributed by atoms with Crippen molar-refractivity contribution in [3.8, 4) is 16.9 Å². The summed E-state index contributed by atoms with van der Waals surface area (Å²) in [7, 11) is 5.14. The van der Waals surface area contributed by atoms with Gasteiger partial charge in [-0.15, -0.1) is 0 Å². The van der Waals surface area contributed by atoms with Gasteiger partial charge in [0.1, 0.15) is 5.75 Å². The third kappa shape index (κ3) is 5.35. The van der Waals surface area contributed by atoms with Gasteiger partial charge in [-0.2, -0.15) is 5.10 Å². The standard InChI is InChI=1S/C21H23N5O3/c1-25(2)19(27)14-29-17-11-9-16(10-12-17)22-21(28)23-20-18(13-26(3)24-20)15-7-5-4-6-8-15/h4-13H,14H2,1-3H3,(H2,22,23,24,28). The first kappa shape index (κ1) is 19.9. The molecule has 0 bridgehead atoms. The number of hydrogen-bond acceptors (Lipinski definition) is 4. The van der Waals surface area contributed by atoms with Crippen LogP contribution in [0.3, 0.4) is 0 Å². The number of carbonyl (C=O) groups is 2. The molecule has 0 fully saturated rings. The van der Waals surface area contributed by atoms with Gasteiger partial charge in [0.05, 0.1) is 0 Å². The zero-order valence-corrected chi connectivity index (χ0v) is 16.5. The summed E-state index contributed by atoms with van der Waals surface area (Å²) >= 11 is 0. The van der Waals surface area contributed by atoms with Crippen LogP contribution >= 0.6 is 0 Å². The molecule has 8 nitrogen and oxygen atoms in total. The molecule has 0 aliphatic carbocycles. The first-order chi connectivity index (χ1) is 13.9. The van der Waals surface area contributed by atoms with Crippen LogP contribution in [0.1, 0.15) is 0 Å². The minimum Gasteiger partial charge on any atom is -0.484 e. The molecule has 29 heavy (non-hydrogen) atoms. The van der Waals surface area contributed by atoms with Gasteiger partial charge < -0.3 is 15.0 Å². The van der Waals surface area contributed by atoms with Crippen molar-refractivity contribution in [1.29, 1.82) is 0 Å². The molecule has 3 rings (SSSR count). The maximum atomic E-state index is 12.4. The molecule has 1 heterocycles. The number of anilines is 2. The first-order valence-corrected chi connectivity index (χ1v) is 9.02. The van der Waals surface area contributed by atoms with Crippen LogP contribution in [0.25, 0.3) is 11.1 Å². The van der Waals surface area contributed by atoms with E-state index >= 15 is 0 Å². The molecule has 8 heteroatoms. The second kappa shape index (κ2) is 8.92. The number of likely N-dealkylation sites (N-methyl/N-ethyl adjacent to an activating group) is 1. The quantitative estimate of drug-likeness (QED) is 0.673. The van der Waals surface area contributed by atoms with Crippen molar-refractivity contribution in [2.45, 2.75) is 0 Å². The van der Waals surface area contributed by atoms with E-state index in [0.29, 0.717) is 17.3 Å². The largest absolute Gasteiger partial charge is 0.484 e. The van der Waals surface area contributed by atoms with Crippen molar-refractivity contribution in [3.05, 3.63) is 60.8 Å². The molecule has 0 saturated carbocycles. The molecule has 0 unspecified atom stereocenters. The number of aryl methyl sites for hydroxylation is 1. The Morgan fingerprint density at radius 2 is 1.72 bits per heavy atom. The number of urea groups is 1. The van der Waals surface area contributed by atoms with Gasteiger partial charge in [-0.25, -0.2) is 4.79 Å². The van der Waals surface area contributed by atoms with Crippen molar-refractivity contribution in [1.82, 2.24) is 14.7 Å². The fourth-order valence-corrected chi connectivity index (χ4v) is 2.59. The molecule has 3 amide bonds. The van der Waals surface area contributed by atoms with E-state index in [1.54, 1.807) is 50.1 Å². The Labute approximate surface area is 169 Å². The maximum absolute atomic E-state index is 12.4. The summed E-state index contributed by atoms with van der Waals surface area (Å²) in [5.41, 5.74) is 2.38. The molecule has 150 valence electrons. The smallest absolute Gasteiger partial charge is 0.324 e. The van der Waals surface area contributed by atoms with Crippen LogP contribution in [0.15, 0.2) is 60.8 Å². The molecule has 0 aliphatic rings. The Morgan fingerprint density at radius 1 is 1.03 bits per heavy atom.